The lowest BCUT2D eigenvalue weighted by molar-refractivity contribution is 0.0981. The number of fused-ring (bicyclic) bond motifs is 1. The molecule has 1 amide bonds. The zero-order chi connectivity index (χ0) is 24.6. The Morgan fingerprint density at radius 2 is 1.74 bits per heavy atom. The Morgan fingerprint density at radius 3 is 2.41 bits per heavy atom. The van der Waals surface area contributed by atoms with Crippen molar-refractivity contribution in [3.05, 3.63) is 65.7 Å². The van der Waals surface area contributed by atoms with E-state index >= 15 is 0 Å². The normalized spacial score (nSPS) is 11.4. The lowest BCUT2D eigenvalue weighted by Gasteiger charge is -2.13. The van der Waals surface area contributed by atoms with Crippen molar-refractivity contribution in [3.8, 4) is 34.0 Å². The Kier molecular flexibility index (Phi) is 5.69. The van der Waals surface area contributed by atoms with Crippen molar-refractivity contribution in [2.45, 2.75) is 0 Å². The number of aromatic amines is 1. The summed E-state index contributed by atoms with van der Waals surface area (Å²) in [5, 5.41) is 29.0. The van der Waals surface area contributed by atoms with Crippen molar-refractivity contribution in [1.82, 2.24) is 19.4 Å². The Morgan fingerprint density at radius 1 is 1.03 bits per heavy atom. The van der Waals surface area contributed by atoms with Crippen LogP contribution in [0, 0.1) is 5.41 Å². The van der Waals surface area contributed by atoms with E-state index in [1.54, 1.807) is 30.3 Å². The molecule has 0 saturated heterocycles. The number of phenolic OH excluding ortho intramolecular Hbond substituents is 2. The molecule has 0 aliphatic heterocycles. The number of carbonyl (C=O) groups excluding carboxylic acids is 1. The molecule has 0 saturated carbocycles. The van der Waals surface area contributed by atoms with Crippen LogP contribution in [0.2, 0.25) is 0 Å². The minimum atomic E-state index is -4.09. The second-order valence-electron chi connectivity index (χ2n) is 7.31. The van der Waals surface area contributed by atoms with Gasteiger partial charge in [-0.2, -0.15) is 8.42 Å². The topological polar surface area (TPSA) is 194 Å². The van der Waals surface area contributed by atoms with Crippen LogP contribution in [0.3, 0.4) is 0 Å². The zero-order valence-corrected chi connectivity index (χ0v) is 18.6. The number of para-hydroxylation sites is 1. The number of amidine groups is 1. The van der Waals surface area contributed by atoms with E-state index in [1.807, 2.05) is 9.44 Å². The number of rotatable bonds is 6. The number of imidazole rings is 1. The Hall–Kier alpha value is -4.42. The number of aromatic hydroxyl groups is 2. The molecule has 0 spiro atoms. The third-order valence-corrected chi connectivity index (χ3v) is 6.10. The molecule has 8 N–H and O–H groups in total. The molecule has 174 valence electrons. The van der Waals surface area contributed by atoms with Gasteiger partial charge >= 0.3 is 10.2 Å². The molecule has 4 aromatic rings. The molecular weight excluding hydrogens is 460 g/mol. The number of carbonyl (C=O) groups is 1. The highest BCUT2D eigenvalue weighted by Crippen LogP contribution is 2.41. The quantitative estimate of drug-likeness (QED) is 0.161. The first-order valence-electron chi connectivity index (χ1n) is 9.85. The summed E-state index contributed by atoms with van der Waals surface area (Å²) in [5.41, 5.74) is 7.35. The highest BCUT2D eigenvalue weighted by molar-refractivity contribution is 7.88. The third-order valence-electron chi connectivity index (χ3n) is 5.11. The summed E-state index contributed by atoms with van der Waals surface area (Å²) >= 11 is 0. The van der Waals surface area contributed by atoms with Crippen molar-refractivity contribution in [1.29, 1.82) is 5.41 Å². The van der Waals surface area contributed by atoms with Crippen LogP contribution in [0.15, 0.2) is 54.6 Å². The lowest BCUT2D eigenvalue weighted by Crippen LogP contribution is -2.38. The first kappa shape index (κ1) is 22.8. The highest BCUT2D eigenvalue weighted by Gasteiger charge is 2.22. The molecule has 12 heteroatoms. The number of nitrogens with two attached hydrogens (primary N) is 1. The van der Waals surface area contributed by atoms with Gasteiger partial charge in [-0.25, -0.2) is 14.4 Å². The number of H-pyrrole nitrogens is 1. The molecular formula is C22H20N6O5S. The summed E-state index contributed by atoms with van der Waals surface area (Å²) < 4.78 is 27.5. The maximum atomic E-state index is 12.7. The highest BCUT2D eigenvalue weighted by atomic mass is 32.2. The van der Waals surface area contributed by atoms with E-state index in [1.165, 1.54) is 24.3 Å². The van der Waals surface area contributed by atoms with E-state index in [0.29, 0.717) is 16.6 Å². The number of aromatic nitrogens is 2. The van der Waals surface area contributed by atoms with E-state index in [-0.39, 0.29) is 45.4 Å². The molecule has 0 bridgehead atoms. The first-order valence-corrected chi connectivity index (χ1v) is 11.3. The standard InChI is InChI=1S/C22H20N6O5S/c1-25-34(32,33)28-22(31)12-8-14(13-4-2-3-5-18(13)29)19(30)15(9-12)21-26-16-7-6-11(20(23)24)10-17(16)27-21/h2-10,25,29-30H,1H3,(H3,23,24)(H,26,27)(H,28,31). The molecule has 0 radical (unpaired) electrons. The number of amides is 1. The van der Waals surface area contributed by atoms with Crippen molar-refractivity contribution in [3.63, 3.8) is 0 Å². The second-order valence-corrected chi connectivity index (χ2v) is 8.93. The van der Waals surface area contributed by atoms with Crippen molar-refractivity contribution < 1.29 is 23.4 Å². The third kappa shape index (κ3) is 4.27. The van der Waals surface area contributed by atoms with Gasteiger partial charge in [0.25, 0.3) is 5.91 Å². The van der Waals surface area contributed by atoms with E-state index in [4.69, 9.17) is 11.1 Å². The molecule has 1 aromatic heterocycles. The number of hydrogen-bond acceptors (Lipinski definition) is 7. The van der Waals surface area contributed by atoms with Gasteiger partial charge in [-0.15, -0.1) is 0 Å². The average molecular weight is 481 g/mol. The molecule has 3 aromatic carbocycles. The van der Waals surface area contributed by atoms with Crippen LogP contribution in [0.5, 0.6) is 11.5 Å². The number of nitrogen functional groups attached to an aromatic ring is 1. The SMILES string of the molecule is CNS(=O)(=O)NC(=O)c1cc(-c2nc3ccc(C(=N)N)cc3[nH]2)c(O)c(-c2ccccc2O)c1. The van der Waals surface area contributed by atoms with Crippen LogP contribution < -0.4 is 15.2 Å². The summed E-state index contributed by atoms with van der Waals surface area (Å²) in [4.78, 5) is 20.2. The minimum absolute atomic E-state index is 0.0903. The van der Waals surface area contributed by atoms with Crippen molar-refractivity contribution >= 4 is 33.0 Å². The predicted molar refractivity (Wildman–Crippen MR) is 127 cm³/mol. The smallest absolute Gasteiger partial charge is 0.301 e. The van der Waals surface area contributed by atoms with Gasteiger partial charge in [0.2, 0.25) is 0 Å². The van der Waals surface area contributed by atoms with Crippen molar-refractivity contribution in [2.75, 3.05) is 7.05 Å². The number of hydrogen-bond donors (Lipinski definition) is 7. The summed E-state index contributed by atoms with van der Waals surface area (Å²) in [6.45, 7) is 0. The Bertz CT molecular complexity index is 1560. The van der Waals surface area contributed by atoms with Gasteiger partial charge in [0.05, 0.1) is 16.6 Å². The molecule has 0 atom stereocenters. The number of nitrogens with one attached hydrogen (secondary N) is 4. The van der Waals surface area contributed by atoms with Gasteiger partial charge < -0.3 is 20.9 Å². The minimum Gasteiger partial charge on any atom is -0.507 e. The van der Waals surface area contributed by atoms with Crippen LogP contribution >= 0.6 is 0 Å². The van der Waals surface area contributed by atoms with Gasteiger partial charge in [-0.1, -0.05) is 18.2 Å². The average Bonchev–Trinajstić information content (AvgIpc) is 3.22. The Balaban J connectivity index is 1.94. The molecule has 0 aliphatic rings. The van der Waals surface area contributed by atoms with Gasteiger partial charge in [0.1, 0.15) is 23.2 Å². The maximum Gasteiger partial charge on any atom is 0.301 e. The van der Waals surface area contributed by atoms with Crippen molar-refractivity contribution in [2.24, 2.45) is 5.73 Å². The van der Waals surface area contributed by atoms with Crippen LogP contribution in [0.4, 0.5) is 0 Å². The van der Waals surface area contributed by atoms with E-state index in [9.17, 15) is 23.4 Å². The van der Waals surface area contributed by atoms with E-state index < -0.39 is 16.1 Å². The zero-order valence-electron chi connectivity index (χ0n) is 17.7. The molecule has 1 heterocycles. The van der Waals surface area contributed by atoms with E-state index in [2.05, 4.69) is 9.97 Å². The molecule has 0 fully saturated rings. The maximum absolute atomic E-state index is 12.7. The van der Waals surface area contributed by atoms with Crippen LogP contribution in [-0.2, 0) is 10.2 Å². The Labute approximate surface area is 194 Å². The molecule has 0 aliphatic carbocycles. The molecule has 11 nitrogen and oxygen atoms in total. The van der Waals surface area contributed by atoms with Crippen LogP contribution in [0.25, 0.3) is 33.5 Å². The van der Waals surface area contributed by atoms with E-state index in [0.717, 1.165) is 7.05 Å². The summed E-state index contributed by atoms with van der Waals surface area (Å²) in [6.07, 6.45) is 0. The fraction of sp³-hybridized carbons (Fsp3) is 0.0455. The molecule has 4 rings (SSSR count). The number of phenols is 2. The molecule has 0 unspecified atom stereocenters. The summed E-state index contributed by atoms with van der Waals surface area (Å²) in [6, 6.07) is 13.6. The van der Waals surface area contributed by atoms with Gasteiger partial charge in [-0.05, 0) is 36.4 Å². The van der Waals surface area contributed by atoms with Gasteiger partial charge in [0.15, 0.2) is 0 Å². The summed E-state index contributed by atoms with van der Waals surface area (Å²) in [5.74, 6) is -1.36. The van der Waals surface area contributed by atoms with Gasteiger partial charge in [-0.3, -0.25) is 10.2 Å². The van der Waals surface area contributed by atoms with Crippen LogP contribution in [0.1, 0.15) is 15.9 Å². The molecule has 34 heavy (non-hydrogen) atoms. The lowest BCUT2D eigenvalue weighted by atomic mass is 9.97. The number of nitrogens with zero attached hydrogens (tertiary/aromatic N) is 1. The van der Waals surface area contributed by atoms with Crippen LogP contribution in [-0.4, -0.2) is 47.4 Å². The monoisotopic (exact) mass is 480 g/mol. The number of benzene rings is 3. The summed E-state index contributed by atoms with van der Waals surface area (Å²) in [7, 11) is -2.94. The first-order chi connectivity index (χ1) is 16.1. The van der Waals surface area contributed by atoms with Gasteiger partial charge in [0, 0.05) is 29.3 Å². The second kappa shape index (κ2) is 8.50. The largest absolute Gasteiger partial charge is 0.507 e. The fourth-order valence-corrected chi connectivity index (χ4v) is 3.85. The fourth-order valence-electron chi connectivity index (χ4n) is 3.39. The predicted octanol–water partition coefficient (Wildman–Crippen LogP) is 1.79.